The molecule has 0 N–H and O–H groups in total. The van der Waals surface area contributed by atoms with Gasteiger partial charge in [-0.15, -0.1) is 0 Å². The van der Waals surface area contributed by atoms with Gasteiger partial charge in [0, 0.05) is 0 Å². The van der Waals surface area contributed by atoms with Crippen molar-refractivity contribution in [3.05, 3.63) is 39.4 Å². The standard InChI is InChI=1S/C9H7F2NO4/c1-2-16-9(13)8-6(10)3-5(12(14)15)4-7(8)11/h3-4H,2H2,1H3. The minimum Gasteiger partial charge on any atom is -0.462 e. The first kappa shape index (κ1) is 12.0. The second-order valence-electron chi connectivity index (χ2n) is 2.76. The number of nitro groups is 1. The number of hydrogen-bond acceptors (Lipinski definition) is 4. The van der Waals surface area contributed by atoms with Crippen molar-refractivity contribution in [3.8, 4) is 0 Å². The van der Waals surface area contributed by atoms with E-state index in [1.807, 2.05) is 0 Å². The van der Waals surface area contributed by atoms with Gasteiger partial charge in [-0.3, -0.25) is 10.1 Å². The van der Waals surface area contributed by atoms with Crippen LogP contribution in [0.25, 0.3) is 0 Å². The van der Waals surface area contributed by atoms with Gasteiger partial charge in [0.2, 0.25) is 0 Å². The lowest BCUT2D eigenvalue weighted by atomic mass is 10.2. The first-order valence-corrected chi connectivity index (χ1v) is 4.28. The molecular formula is C9H7F2NO4. The summed E-state index contributed by atoms with van der Waals surface area (Å²) in [7, 11) is 0. The molecule has 0 aliphatic carbocycles. The van der Waals surface area contributed by atoms with Gasteiger partial charge in [-0.2, -0.15) is 0 Å². The lowest BCUT2D eigenvalue weighted by molar-refractivity contribution is -0.385. The Morgan fingerprint density at radius 2 is 1.94 bits per heavy atom. The molecule has 16 heavy (non-hydrogen) atoms. The topological polar surface area (TPSA) is 69.4 Å². The fourth-order valence-corrected chi connectivity index (χ4v) is 1.06. The summed E-state index contributed by atoms with van der Waals surface area (Å²) < 4.78 is 30.8. The maximum Gasteiger partial charge on any atom is 0.344 e. The number of carbonyl (C=O) groups excluding carboxylic acids is 1. The van der Waals surface area contributed by atoms with E-state index in [2.05, 4.69) is 4.74 Å². The highest BCUT2D eigenvalue weighted by Crippen LogP contribution is 2.21. The molecule has 86 valence electrons. The SMILES string of the molecule is CCOC(=O)c1c(F)cc([N+](=O)[O-])cc1F. The lowest BCUT2D eigenvalue weighted by Crippen LogP contribution is -2.10. The van der Waals surface area contributed by atoms with Crippen molar-refractivity contribution in [3.63, 3.8) is 0 Å². The second-order valence-corrected chi connectivity index (χ2v) is 2.76. The zero-order valence-electron chi connectivity index (χ0n) is 8.20. The number of esters is 1. The largest absolute Gasteiger partial charge is 0.462 e. The van der Waals surface area contributed by atoms with Crippen LogP contribution in [0.3, 0.4) is 0 Å². The number of benzene rings is 1. The number of ether oxygens (including phenoxy) is 1. The Bertz CT molecular complexity index is 424. The number of hydrogen-bond donors (Lipinski definition) is 0. The Hall–Kier alpha value is -2.05. The van der Waals surface area contributed by atoms with Crippen LogP contribution in [-0.4, -0.2) is 17.5 Å². The number of non-ortho nitro benzene ring substituents is 1. The third kappa shape index (κ3) is 2.30. The molecule has 0 amide bonds. The van der Waals surface area contributed by atoms with Gasteiger partial charge in [0.05, 0.1) is 23.7 Å². The Morgan fingerprint density at radius 1 is 1.44 bits per heavy atom. The van der Waals surface area contributed by atoms with Crippen molar-refractivity contribution >= 4 is 11.7 Å². The molecule has 0 atom stereocenters. The molecule has 0 bridgehead atoms. The van der Waals surface area contributed by atoms with E-state index in [0.29, 0.717) is 12.1 Å². The van der Waals surface area contributed by atoms with E-state index >= 15 is 0 Å². The van der Waals surface area contributed by atoms with Gasteiger partial charge in [0.1, 0.15) is 17.2 Å². The maximum atomic E-state index is 13.2. The van der Waals surface area contributed by atoms with Crippen LogP contribution in [0, 0.1) is 21.7 Å². The van der Waals surface area contributed by atoms with Crippen LogP contribution in [0.15, 0.2) is 12.1 Å². The number of halogens is 2. The molecule has 0 heterocycles. The summed E-state index contributed by atoms with van der Waals surface area (Å²) >= 11 is 0. The maximum absolute atomic E-state index is 13.2. The fraction of sp³-hybridized carbons (Fsp3) is 0.222. The molecular weight excluding hydrogens is 224 g/mol. The van der Waals surface area contributed by atoms with E-state index in [4.69, 9.17) is 0 Å². The molecule has 1 aromatic rings. The van der Waals surface area contributed by atoms with Crippen LogP contribution in [-0.2, 0) is 4.74 Å². The van der Waals surface area contributed by atoms with Crippen molar-refractivity contribution < 1.29 is 23.2 Å². The van der Waals surface area contributed by atoms with E-state index in [1.165, 1.54) is 6.92 Å². The molecule has 0 unspecified atom stereocenters. The highest BCUT2D eigenvalue weighted by Gasteiger charge is 2.23. The minimum absolute atomic E-state index is 0.0469. The summed E-state index contributed by atoms with van der Waals surface area (Å²) in [5.41, 5.74) is -1.68. The van der Waals surface area contributed by atoms with Crippen LogP contribution in [0.4, 0.5) is 14.5 Å². The third-order valence-corrected chi connectivity index (χ3v) is 1.72. The van der Waals surface area contributed by atoms with Gasteiger partial charge in [-0.1, -0.05) is 0 Å². The molecule has 1 rings (SSSR count). The summed E-state index contributed by atoms with van der Waals surface area (Å²) in [6, 6.07) is 0.935. The molecule has 0 fully saturated rings. The number of nitrogens with zero attached hydrogens (tertiary/aromatic N) is 1. The summed E-state index contributed by atoms with van der Waals surface area (Å²) in [6.45, 7) is 1.42. The highest BCUT2D eigenvalue weighted by molar-refractivity contribution is 5.90. The van der Waals surface area contributed by atoms with Gasteiger partial charge >= 0.3 is 5.97 Å². The van der Waals surface area contributed by atoms with Crippen molar-refractivity contribution in [1.82, 2.24) is 0 Å². The molecule has 0 saturated heterocycles. The Morgan fingerprint density at radius 3 is 2.31 bits per heavy atom. The zero-order valence-corrected chi connectivity index (χ0v) is 8.20. The first-order valence-electron chi connectivity index (χ1n) is 4.28. The quantitative estimate of drug-likeness (QED) is 0.453. The highest BCUT2D eigenvalue weighted by atomic mass is 19.1. The molecule has 0 radical (unpaired) electrons. The molecule has 7 heteroatoms. The second kappa shape index (κ2) is 4.65. The van der Waals surface area contributed by atoms with Crippen LogP contribution < -0.4 is 0 Å². The van der Waals surface area contributed by atoms with Gasteiger partial charge < -0.3 is 4.74 Å². The van der Waals surface area contributed by atoms with Gasteiger partial charge in [-0.25, -0.2) is 13.6 Å². The Kier molecular flexibility index (Phi) is 3.49. The third-order valence-electron chi connectivity index (χ3n) is 1.72. The van der Waals surface area contributed by atoms with Crippen LogP contribution in [0.2, 0.25) is 0 Å². The average Bonchev–Trinajstić information content (AvgIpc) is 2.16. The first-order chi connectivity index (χ1) is 7.47. The Labute approximate surface area is 88.8 Å². The van der Waals surface area contributed by atoms with E-state index < -0.39 is 33.8 Å². The lowest BCUT2D eigenvalue weighted by Gasteiger charge is -2.04. The van der Waals surface area contributed by atoms with Crippen molar-refractivity contribution in [2.45, 2.75) is 6.92 Å². The monoisotopic (exact) mass is 231 g/mol. The van der Waals surface area contributed by atoms with Crippen molar-refractivity contribution in [2.75, 3.05) is 6.61 Å². The number of nitro benzene ring substituents is 1. The van der Waals surface area contributed by atoms with Gasteiger partial charge in [0.15, 0.2) is 0 Å². The normalized spacial score (nSPS) is 9.94. The molecule has 0 aromatic heterocycles. The fourth-order valence-electron chi connectivity index (χ4n) is 1.06. The smallest absolute Gasteiger partial charge is 0.344 e. The number of carbonyl (C=O) groups is 1. The van der Waals surface area contributed by atoms with Crippen LogP contribution >= 0.6 is 0 Å². The van der Waals surface area contributed by atoms with E-state index in [-0.39, 0.29) is 6.61 Å². The predicted octanol–water partition coefficient (Wildman–Crippen LogP) is 2.05. The van der Waals surface area contributed by atoms with Crippen molar-refractivity contribution in [2.24, 2.45) is 0 Å². The Balaban J connectivity index is 3.22. The zero-order chi connectivity index (χ0) is 12.3. The molecule has 5 nitrogen and oxygen atoms in total. The number of rotatable bonds is 3. The van der Waals surface area contributed by atoms with Crippen LogP contribution in [0.1, 0.15) is 17.3 Å². The summed E-state index contributed by atoms with van der Waals surface area (Å²) in [4.78, 5) is 20.4. The molecule has 1 aromatic carbocycles. The molecule has 0 aliphatic rings. The average molecular weight is 231 g/mol. The van der Waals surface area contributed by atoms with Crippen molar-refractivity contribution in [1.29, 1.82) is 0 Å². The summed E-state index contributed by atoms with van der Waals surface area (Å²) in [5, 5.41) is 10.3. The van der Waals surface area contributed by atoms with E-state index in [9.17, 15) is 23.7 Å². The summed E-state index contributed by atoms with van der Waals surface area (Å²) in [5.74, 6) is -3.82. The van der Waals surface area contributed by atoms with Gasteiger partial charge in [-0.05, 0) is 6.92 Å². The minimum atomic E-state index is -1.31. The van der Waals surface area contributed by atoms with Gasteiger partial charge in [0.25, 0.3) is 5.69 Å². The van der Waals surface area contributed by atoms with E-state index in [0.717, 1.165) is 0 Å². The van der Waals surface area contributed by atoms with E-state index in [1.54, 1.807) is 0 Å². The van der Waals surface area contributed by atoms with Crippen LogP contribution in [0.5, 0.6) is 0 Å². The summed E-state index contributed by atoms with van der Waals surface area (Å²) in [6.07, 6.45) is 0. The molecule has 0 saturated carbocycles. The predicted molar refractivity (Wildman–Crippen MR) is 49.0 cm³/mol. The molecule has 0 aliphatic heterocycles. The molecule has 0 spiro atoms.